The summed E-state index contributed by atoms with van der Waals surface area (Å²) >= 11 is 5.98. The van der Waals surface area contributed by atoms with Gasteiger partial charge in [-0.25, -0.2) is 4.98 Å². The molecule has 8 heteroatoms. The first-order valence-corrected chi connectivity index (χ1v) is 7.83. The van der Waals surface area contributed by atoms with Gasteiger partial charge in [0.2, 0.25) is 0 Å². The average Bonchev–Trinajstić information content (AvgIpc) is 3.04. The van der Waals surface area contributed by atoms with Crippen molar-refractivity contribution in [2.45, 2.75) is 13.1 Å². The number of rotatable bonds is 3. The Labute approximate surface area is 151 Å². The summed E-state index contributed by atoms with van der Waals surface area (Å²) < 4.78 is 44.0. The topological polar surface area (TPSA) is 55.1 Å². The fourth-order valence-corrected chi connectivity index (χ4v) is 2.49. The van der Waals surface area contributed by atoms with Crippen molar-refractivity contribution in [2.24, 2.45) is 0 Å². The summed E-state index contributed by atoms with van der Waals surface area (Å²) in [6.45, 7) is 1.85. The van der Waals surface area contributed by atoms with Crippen LogP contribution in [0.4, 0.5) is 19.0 Å². The molecule has 3 rings (SSSR count). The number of aromatic nitrogens is 1. The second-order valence-corrected chi connectivity index (χ2v) is 5.94. The van der Waals surface area contributed by atoms with Crippen LogP contribution in [0.2, 0.25) is 5.02 Å². The lowest BCUT2D eigenvalue weighted by molar-refractivity contribution is -0.137. The second-order valence-electron chi connectivity index (χ2n) is 5.53. The SMILES string of the molecule is Cc1ccnc(NC(=O)c2ccc(-c3cc(C(F)(F)F)ccc3Cl)o2)c1. The molecule has 0 aliphatic carbocycles. The summed E-state index contributed by atoms with van der Waals surface area (Å²) in [6.07, 6.45) is -2.97. The van der Waals surface area contributed by atoms with Crippen molar-refractivity contribution in [3.8, 4) is 11.3 Å². The van der Waals surface area contributed by atoms with Crippen molar-refractivity contribution in [1.82, 2.24) is 4.98 Å². The molecule has 0 bridgehead atoms. The van der Waals surface area contributed by atoms with Crippen LogP contribution in [0, 0.1) is 6.92 Å². The van der Waals surface area contributed by atoms with E-state index in [1.807, 2.05) is 6.92 Å². The predicted molar refractivity (Wildman–Crippen MR) is 91.1 cm³/mol. The molecule has 1 amide bonds. The first-order chi connectivity index (χ1) is 12.2. The largest absolute Gasteiger partial charge is 0.451 e. The van der Waals surface area contributed by atoms with Gasteiger partial charge in [0.05, 0.1) is 10.6 Å². The molecule has 2 heterocycles. The van der Waals surface area contributed by atoms with Crippen molar-refractivity contribution < 1.29 is 22.4 Å². The summed E-state index contributed by atoms with van der Waals surface area (Å²) in [5.74, 6) is -0.247. The van der Waals surface area contributed by atoms with E-state index in [0.29, 0.717) is 5.82 Å². The Hall–Kier alpha value is -2.80. The molecule has 0 saturated carbocycles. The number of carbonyl (C=O) groups excluding carboxylic acids is 1. The molecule has 0 fully saturated rings. The number of hydrogen-bond acceptors (Lipinski definition) is 3. The number of anilines is 1. The van der Waals surface area contributed by atoms with Gasteiger partial charge in [-0.1, -0.05) is 11.6 Å². The van der Waals surface area contributed by atoms with Gasteiger partial charge < -0.3 is 9.73 Å². The highest BCUT2D eigenvalue weighted by Crippen LogP contribution is 2.36. The van der Waals surface area contributed by atoms with Gasteiger partial charge in [0.15, 0.2) is 5.76 Å². The van der Waals surface area contributed by atoms with E-state index in [2.05, 4.69) is 10.3 Å². The molecule has 0 atom stereocenters. The zero-order valence-electron chi connectivity index (χ0n) is 13.4. The van der Waals surface area contributed by atoms with Gasteiger partial charge in [0.25, 0.3) is 5.91 Å². The van der Waals surface area contributed by atoms with Crippen LogP contribution in [0.15, 0.2) is 53.1 Å². The van der Waals surface area contributed by atoms with Crippen LogP contribution >= 0.6 is 11.6 Å². The Morgan fingerprint density at radius 2 is 1.92 bits per heavy atom. The van der Waals surface area contributed by atoms with Crippen LogP contribution in [0.1, 0.15) is 21.7 Å². The van der Waals surface area contributed by atoms with Crippen molar-refractivity contribution in [2.75, 3.05) is 5.32 Å². The van der Waals surface area contributed by atoms with E-state index >= 15 is 0 Å². The van der Waals surface area contributed by atoms with Gasteiger partial charge in [-0.05, 0) is 55.0 Å². The van der Waals surface area contributed by atoms with Gasteiger partial charge in [0, 0.05) is 11.8 Å². The third-order valence-electron chi connectivity index (χ3n) is 3.55. The van der Waals surface area contributed by atoms with E-state index in [0.717, 1.165) is 23.8 Å². The van der Waals surface area contributed by atoms with Crippen LogP contribution in [0.25, 0.3) is 11.3 Å². The maximum absolute atomic E-state index is 12.9. The van der Waals surface area contributed by atoms with Crippen LogP contribution in [0.3, 0.4) is 0 Å². The zero-order chi connectivity index (χ0) is 18.9. The third kappa shape index (κ3) is 3.88. The van der Waals surface area contributed by atoms with Crippen molar-refractivity contribution in [3.63, 3.8) is 0 Å². The molecular formula is C18H12ClF3N2O2. The lowest BCUT2D eigenvalue weighted by Crippen LogP contribution is -2.12. The van der Waals surface area contributed by atoms with Gasteiger partial charge in [-0.15, -0.1) is 0 Å². The number of nitrogens with one attached hydrogen (secondary N) is 1. The minimum atomic E-state index is -4.51. The lowest BCUT2D eigenvalue weighted by Gasteiger charge is -2.09. The minimum Gasteiger partial charge on any atom is -0.451 e. The van der Waals surface area contributed by atoms with Crippen LogP contribution in [-0.2, 0) is 6.18 Å². The molecule has 0 aliphatic heterocycles. The van der Waals surface area contributed by atoms with Crippen LogP contribution < -0.4 is 5.32 Å². The normalized spacial score (nSPS) is 11.4. The van der Waals surface area contributed by atoms with Gasteiger partial charge >= 0.3 is 6.18 Å². The smallest absolute Gasteiger partial charge is 0.416 e. The van der Waals surface area contributed by atoms with Gasteiger partial charge in [0.1, 0.15) is 11.6 Å². The number of aryl methyl sites for hydroxylation is 1. The highest BCUT2D eigenvalue weighted by Gasteiger charge is 2.31. The highest BCUT2D eigenvalue weighted by molar-refractivity contribution is 6.33. The fraction of sp³-hybridized carbons (Fsp3) is 0.111. The molecule has 1 aromatic carbocycles. The molecule has 26 heavy (non-hydrogen) atoms. The standard InChI is InChI=1S/C18H12ClF3N2O2/c1-10-6-7-23-16(8-10)24-17(25)15-5-4-14(26-15)12-9-11(18(20,21)22)2-3-13(12)19/h2-9H,1H3,(H,23,24,25). The van der Waals surface area contributed by atoms with Crippen molar-refractivity contribution in [3.05, 3.63) is 70.6 Å². The molecule has 2 aromatic heterocycles. The number of furan rings is 1. The molecule has 0 unspecified atom stereocenters. The minimum absolute atomic E-state index is 0.0502. The molecule has 0 spiro atoms. The van der Waals surface area contributed by atoms with E-state index in [-0.39, 0.29) is 22.1 Å². The molecule has 0 aliphatic rings. The Bertz CT molecular complexity index is 967. The van der Waals surface area contributed by atoms with Crippen molar-refractivity contribution >= 4 is 23.3 Å². The van der Waals surface area contributed by atoms with Gasteiger partial charge in [-0.3, -0.25) is 4.79 Å². The molecular weight excluding hydrogens is 369 g/mol. The van der Waals surface area contributed by atoms with Gasteiger partial charge in [-0.2, -0.15) is 13.2 Å². The summed E-state index contributed by atoms with van der Waals surface area (Å²) in [7, 11) is 0. The number of nitrogens with zero attached hydrogens (tertiary/aromatic N) is 1. The lowest BCUT2D eigenvalue weighted by atomic mass is 10.1. The highest BCUT2D eigenvalue weighted by atomic mass is 35.5. The summed E-state index contributed by atoms with van der Waals surface area (Å²) in [4.78, 5) is 16.2. The third-order valence-corrected chi connectivity index (χ3v) is 3.88. The number of halogens is 4. The van der Waals surface area contributed by atoms with E-state index in [4.69, 9.17) is 16.0 Å². The maximum atomic E-state index is 12.9. The number of pyridine rings is 1. The molecule has 1 N–H and O–H groups in total. The Balaban J connectivity index is 1.87. The summed E-state index contributed by atoms with van der Waals surface area (Å²) in [5, 5.41) is 2.64. The number of hydrogen-bond donors (Lipinski definition) is 1. The molecule has 0 radical (unpaired) electrons. The molecule has 3 aromatic rings. The fourth-order valence-electron chi connectivity index (χ4n) is 2.28. The van der Waals surface area contributed by atoms with Crippen molar-refractivity contribution in [1.29, 1.82) is 0 Å². The number of amides is 1. The number of carbonyl (C=O) groups is 1. The quantitative estimate of drug-likeness (QED) is 0.645. The zero-order valence-corrected chi connectivity index (χ0v) is 14.2. The van der Waals surface area contributed by atoms with E-state index in [1.54, 1.807) is 18.3 Å². The van der Waals surface area contributed by atoms with E-state index in [9.17, 15) is 18.0 Å². The summed E-state index contributed by atoms with van der Waals surface area (Å²) in [5.41, 5.74) is 0.101. The van der Waals surface area contributed by atoms with E-state index < -0.39 is 17.6 Å². The monoisotopic (exact) mass is 380 g/mol. The maximum Gasteiger partial charge on any atom is 0.416 e. The summed E-state index contributed by atoms with van der Waals surface area (Å²) in [6, 6.07) is 9.09. The Kier molecular flexibility index (Phi) is 4.73. The predicted octanol–water partition coefficient (Wildman–Crippen LogP) is 5.57. The van der Waals surface area contributed by atoms with E-state index in [1.165, 1.54) is 12.1 Å². The number of benzene rings is 1. The second kappa shape index (κ2) is 6.84. The molecule has 134 valence electrons. The molecule has 0 saturated heterocycles. The Morgan fingerprint density at radius 1 is 1.15 bits per heavy atom. The average molecular weight is 381 g/mol. The molecule has 4 nitrogen and oxygen atoms in total. The van der Waals surface area contributed by atoms with Crippen LogP contribution in [0.5, 0.6) is 0 Å². The Morgan fingerprint density at radius 3 is 2.62 bits per heavy atom. The first-order valence-electron chi connectivity index (χ1n) is 7.45. The first kappa shape index (κ1) is 18.0. The number of alkyl halides is 3. The van der Waals surface area contributed by atoms with Crippen LogP contribution in [-0.4, -0.2) is 10.9 Å².